The van der Waals surface area contributed by atoms with Gasteiger partial charge in [-0.25, -0.2) is 0 Å². The lowest BCUT2D eigenvalue weighted by atomic mass is 10.1. The van der Waals surface area contributed by atoms with E-state index in [1.807, 2.05) is 18.3 Å². The highest BCUT2D eigenvalue weighted by Crippen LogP contribution is 2.39. The molecule has 1 atom stereocenters. The maximum Gasteiger partial charge on any atom is 0.232 e. The maximum atomic E-state index is 4.66. The van der Waals surface area contributed by atoms with Crippen LogP contribution in [0.2, 0.25) is 0 Å². The molecule has 0 aliphatic carbocycles. The average molecular weight is 491 g/mol. The molecule has 174 valence electrons. The van der Waals surface area contributed by atoms with Crippen LogP contribution in [0.1, 0.15) is 30.9 Å². The zero-order chi connectivity index (χ0) is 22.9. The summed E-state index contributed by atoms with van der Waals surface area (Å²) in [5.41, 5.74) is 3.35. The van der Waals surface area contributed by atoms with Crippen LogP contribution >= 0.6 is 23.5 Å². The summed E-state index contributed by atoms with van der Waals surface area (Å²) >= 11 is 3.52. The average Bonchev–Trinajstić information content (AvgIpc) is 3.60. The van der Waals surface area contributed by atoms with E-state index in [4.69, 9.17) is 0 Å². The molecule has 34 heavy (non-hydrogen) atoms. The first-order valence-electron chi connectivity index (χ1n) is 11.7. The first kappa shape index (κ1) is 21.7. The van der Waals surface area contributed by atoms with E-state index < -0.39 is 0 Å². The smallest absolute Gasteiger partial charge is 0.232 e. The van der Waals surface area contributed by atoms with Gasteiger partial charge in [-0.2, -0.15) is 0 Å². The van der Waals surface area contributed by atoms with Gasteiger partial charge in [-0.15, -0.1) is 20.4 Å². The Balaban J connectivity index is 1.29. The standard InChI is InChI=1S/C24H26N8S2/c1-17-7-9-19(10-8-17)32-22(30-12-3-2-4-13-30)27-29-24(32)34-16-20-15-33-23-28-26-21(31(20)23)18-6-5-11-25-14-18/h5-11,14,20H,2-4,12-13,15-16H2,1H3. The molecule has 5 heterocycles. The predicted octanol–water partition coefficient (Wildman–Crippen LogP) is 4.66. The third-order valence-corrected chi connectivity index (χ3v) is 8.47. The fourth-order valence-electron chi connectivity index (χ4n) is 4.51. The van der Waals surface area contributed by atoms with Gasteiger partial charge >= 0.3 is 0 Å². The molecule has 0 amide bonds. The van der Waals surface area contributed by atoms with E-state index >= 15 is 0 Å². The van der Waals surface area contributed by atoms with E-state index in [0.29, 0.717) is 0 Å². The Morgan fingerprint density at radius 1 is 1.00 bits per heavy atom. The Hall–Kier alpha value is -2.85. The third kappa shape index (κ3) is 4.09. The minimum atomic E-state index is 0.275. The van der Waals surface area contributed by atoms with Crippen LogP contribution < -0.4 is 4.90 Å². The van der Waals surface area contributed by atoms with Crippen LogP contribution in [-0.4, -0.2) is 59.1 Å². The van der Waals surface area contributed by atoms with Crippen molar-refractivity contribution in [2.24, 2.45) is 0 Å². The van der Waals surface area contributed by atoms with Crippen molar-refractivity contribution in [3.63, 3.8) is 0 Å². The second kappa shape index (κ2) is 9.42. The van der Waals surface area contributed by atoms with Gasteiger partial charge in [0.05, 0.1) is 11.7 Å². The van der Waals surface area contributed by atoms with Crippen molar-refractivity contribution in [1.82, 2.24) is 34.5 Å². The molecule has 0 N–H and O–H groups in total. The molecule has 2 aliphatic heterocycles. The normalized spacial score (nSPS) is 17.8. The number of fused-ring (bicyclic) bond motifs is 1. The van der Waals surface area contributed by atoms with Crippen molar-refractivity contribution in [1.29, 1.82) is 0 Å². The van der Waals surface area contributed by atoms with Gasteiger partial charge in [0.25, 0.3) is 0 Å². The van der Waals surface area contributed by atoms with E-state index in [1.165, 1.54) is 24.8 Å². The molecular weight excluding hydrogens is 464 g/mol. The van der Waals surface area contributed by atoms with Gasteiger partial charge in [-0.05, 0) is 50.5 Å². The van der Waals surface area contributed by atoms with E-state index in [0.717, 1.165) is 57.9 Å². The molecule has 1 aromatic carbocycles. The Bertz CT molecular complexity index is 1260. The molecule has 0 radical (unpaired) electrons. The van der Waals surface area contributed by atoms with Gasteiger partial charge in [0, 0.05) is 42.6 Å². The second-order valence-electron chi connectivity index (χ2n) is 8.69. The minimum absolute atomic E-state index is 0.275. The zero-order valence-electron chi connectivity index (χ0n) is 19.0. The fourth-order valence-corrected chi connectivity index (χ4v) is 6.76. The maximum absolute atomic E-state index is 4.66. The van der Waals surface area contributed by atoms with Crippen molar-refractivity contribution >= 4 is 29.5 Å². The number of rotatable bonds is 6. The molecule has 1 fully saturated rings. The summed E-state index contributed by atoms with van der Waals surface area (Å²) in [7, 11) is 0. The van der Waals surface area contributed by atoms with Crippen LogP contribution in [-0.2, 0) is 0 Å². The monoisotopic (exact) mass is 490 g/mol. The molecule has 6 rings (SSSR count). The second-order valence-corrected chi connectivity index (χ2v) is 10.7. The molecule has 1 saturated heterocycles. The van der Waals surface area contributed by atoms with Gasteiger partial charge in [0.1, 0.15) is 0 Å². The summed E-state index contributed by atoms with van der Waals surface area (Å²) in [5.74, 6) is 3.68. The number of anilines is 1. The topological polar surface area (TPSA) is 77.5 Å². The third-order valence-electron chi connectivity index (χ3n) is 6.31. The predicted molar refractivity (Wildman–Crippen MR) is 136 cm³/mol. The SMILES string of the molecule is Cc1ccc(-n2c(SCC3CSc4nnc(-c5cccnc5)n43)nnc2N2CCCCC2)cc1. The van der Waals surface area contributed by atoms with Crippen LogP contribution in [0.4, 0.5) is 5.95 Å². The lowest BCUT2D eigenvalue weighted by molar-refractivity contribution is 0.564. The number of nitrogens with zero attached hydrogens (tertiary/aromatic N) is 8. The van der Waals surface area contributed by atoms with Crippen molar-refractivity contribution in [2.45, 2.75) is 42.5 Å². The molecule has 8 nitrogen and oxygen atoms in total. The first-order chi connectivity index (χ1) is 16.8. The number of aryl methyl sites for hydroxylation is 1. The van der Waals surface area contributed by atoms with Gasteiger partial charge in [0.15, 0.2) is 16.1 Å². The van der Waals surface area contributed by atoms with Crippen LogP contribution in [0.25, 0.3) is 17.1 Å². The fraction of sp³-hybridized carbons (Fsp3) is 0.375. The van der Waals surface area contributed by atoms with Crippen LogP contribution in [0.15, 0.2) is 59.1 Å². The highest BCUT2D eigenvalue weighted by molar-refractivity contribution is 8.00. The van der Waals surface area contributed by atoms with Crippen molar-refractivity contribution < 1.29 is 0 Å². The van der Waals surface area contributed by atoms with Gasteiger partial charge in [-0.3, -0.25) is 14.1 Å². The van der Waals surface area contributed by atoms with Crippen LogP contribution in [0.5, 0.6) is 0 Å². The summed E-state index contributed by atoms with van der Waals surface area (Å²) in [5, 5.41) is 20.1. The lowest BCUT2D eigenvalue weighted by Gasteiger charge is -2.28. The largest absolute Gasteiger partial charge is 0.341 e. The highest BCUT2D eigenvalue weighted by atomic mass is 32.2. The Kier molecular flexibility index (Phi) is 6.00. The number of aromatic nitrogens is 7. The van der Waals surface area contributed by atoms with E-state index in [9.17, 15) is 0 Å². The van der Waals surface area contributed by atoms with Crippen molar-refractivity contribution in [2.75, 3.05) is 29.5 Å². The summed E-state index contributed by atoms with van der Waals surface area (Å²) in [6.07, 6.45) is 7.33. The summed E-state index contributed by atoms with van der Waals surface area (Å²) in [6, 6.07) is 12.9. The van der Waals surface area contributed by atoms with E-state index in [2.05, 4.69) is 70.6 Å². The number of pyridine rings is 1. The molecule has 2 aliphatic rings. The number of thioether (sulfide) groups is 2. The van der Waals surface area contributed by atoms with E-state index in [-0.39, 0.29) is 6.04 Å². The summed E-state index contributed by atoms with van der Waals surface area (Å²) in [4.78, 5) is 6.64. The Labute approximate surface area is 207 Å². The molecule has 0 spiro atoms. The molecule has 3 aromatic heterocycles. The molecule has 4 aromatic rings. The van der Waals surface area contributed by atoms with Gasteiger partial charge < -0.3 is 4.90 Å². The quantitative estimate of drug-likeness (QED) is 0.361. The summed E-state index contributed by atoms with van der Waals surface area (Å²) < 4.78 is 4.49. The Morgan fingerprint density at radius 2 is 1.85 bits per heavy atom. The lowest BCUT2D eigenvalue weighted by Crippen LogP contribution is -2.31. The van der Waals surface area contributed by atoms with Gasteiger partial charge in [0.2, 0.25) is 5.95 Å². The number of hydrogen-bond donors (Lipinski definition) is 0. The highest BCUT2D eigenvalue weighted by Gasteiger charge is 2.30. The molecule has 0 bridgehead atoms. The number of benzene rings is 1. The Morgan fingerprint density at radius 3 is 2.65 bits per heavy atom. The molecule has 0 saturated carbocycles. The van der Waals surface area contributed by atoms with Crippen molar-refractivity contribution in [3.8, 4) is 17.1 Å². The summed E-state index contributed by atoms with van der Waals surface area (Å²) in [6.45, 7) is 4.18. The number of hydrogen-bond acceptors (Lipinski definition) is 8. The molecule has 10 heteroatoms. The molecule has 1 unspecified atom stereocenters. The first-order valence-corrected chi connectivity index (χ1v) is 13.6. The zero-order valence-corrected chi connectivity index (χ0v) is 20.7. The van der Waals surface area contributed by atoms with E-state index in [1.54, 1.807) is 29.7 Å². The number of piperidine rings is 1. The van der Waals surface area contributed by atoms with Crippen molar-refractivity contribution in [3.05, 3.63) is 54.4 Å². The molecular formula is C24H26N8S2. The van der Waals surface area contributed by atoms with Crippen LogP contribution in [0.3, 0.4) is 0 Å². The van der Waals surface area contributed by atoms with Crippen LogP contribution in [0, 0.1) is 6.92 Å². The van der Waals surface area contributed by atoms with Gasteiger partial charge in [-0.1, -0.05) is 41.2 Å². The minimum Gasteiger partial charge on any atom is -0.341 e.